The molecule has 0 saturated heterocycles. The van der Waals surface area contributed by atoms with Crippen molar-refractivity contribution in [3.8, 4) is 0 Å². The van der Waals surface area contributed by atoms with Crippen LogP contribution in [0.2, 0.25) is 0 Å². The molecule has 4 heteroatoms. The van der Waals surface area contributed by atoms with E-state index >= 15 is 0 Å². The Balaban J connectivity index is 2.30. The Morgan fingerprint density at radius 2 is 2.36 bits per heavy atom. The van der Waals surface area contributed by atoms with Crippen LogP contribution in [0.5, 0.6) is 0 Å². The summed E-state index contributed by atoms with van der Waals surface area (Å²) in [4.78, 5) is 11.8. The molecular formula is C10H8FNOS. The molecule has 72 valence electrons. The maximum atomic E-state index is 12.8. The molecule has 2 rings (SSSR count). The zero-order valence-corrected chi connectivity index (χ0v) is 8.32. The van der Waals surface area contributed by atoms with Gasteiger partial charge in [-0.3, -0.25) is 4.79 Å². The molecule has 0 unspecified atom stereocenters. The van der Waals surface area contributed by atoms with Gasteiger partial charge in [-0.2, -0.15) is 0 Å². The summed E-state index contributed by atoms with van der Waals surface area (Å²) < 4.78 is 12.8. The minimum absolute atomic E-state index is 0.0201. The molecule has 0 fully saturated rings. The summed E-state index contributed by atoms with van der Waals surface area (Å²) in [7, 11) is 0. The number of ketones is 1. The van der Waals surface area contributed by atoms with Crippen molar-refractivity contribution in [2.75, 3.05) is 5.32 Å². The second-order valence-electron chi connectivity index (χ2n) is 2.99. The minimum atomic E-state index is -0.277. The zero-order chi connectivity index (χ0) is 10.1. The van der Waals surface area contributed by atoms with Crippen LogP contribution in [0.4, 0.5) is 10.1 Å². The Kier molecular flexibility index (Phi) is 2.29. The third-order valence-corrected chi connectivity index (χ3v) is 2.77. The zero-order valence-electron chi connectivity index (χ0n) is 7.50. The van der Waals surface area contributed by atoms with Gasteiger partial charge >= 0.3 is 0 Å². The molecule has 1 aromatic rings. The number of allylic oxidation sites excluding steroid dienone is 1. The summed E-state index contributed by atoms with van der Waals surface area (Å²) in [6.45, 7) is 1.48. The Morgan fingerprint density at radius 3 is 3.07 bits per heavy atom. The molecule has 0 bridgehead atoms. The van der Waals surface area contributed by atoms with E-state index in [2.05, 4.69) is 5.32 Å². The highest BCUT2D eigenvalue weighted by atomic mass is 32.2. The number of hydrogen-bond acceptors (Lipinski definition) is 3. The number of rotatable bonds is 1. The second-order valence-corrected chi connectivity index (χ2v) is 4.07. The van der Waals surface area contributed by atoms with Crippen LogP contribution in [-0.4, -0.2) is 5.78 Å². The van der Waals surface area contributed by atoms with Crippen LogP contribution in [0.1, 0.15) is 6.92 Å². The van der Waals surface area contributed by atoms with Crippen molar-refractivity contribution in [3.63, 3.8) is 0 Å². The van der Waals surface area contributed by atoms with Gasteiger partial charge in [0.2, 0.25) is 0 Å². The minimum Gasteiger partial charge on any atom is -0.349 e. The molecule has 2 nitrogen and oxygen atoms in total. The number of anilines is 1. The number of fused-ring (bicyclic) bond motifs is 1. The number of hydrogen-bond donors (Lipinski definition) is 1. The highest BCUT2D eigenvalue weighted by Gasteiger charge is 2.16. The monoisotopic (exact) mass is 209 g/mol. The van der Waals surface area contributed by atoms with Crippen molar-refractivity contribution in [1.82, 2.24) is 0 Å². The predicted molar refractivity (Wildman–Crippen MR) is 54.6 cm³/mol. The van der Waals surface area contributed by atoms with E-state index in [-0.39, 0.29) is 11.6 Å². The van der Waals surface area contributed by atoms with Crippen molar-refractivity contribution in [2.24, 2.45) is 0 Å². The first-order chi connectivity index (χ1) is 6.65. The van der Waals surface area contributed by atoms with Gasteiger partial charge in [0, 0.05) is 11.0 Å². The van der Waals surface area contributed by atoms with Crippen molar-refractivity contribution in [2.45, 2.75) is 11.8 Å². The number of carbonyl (C=O) groups is 1. The first-order valence-corrected chi connectivity index (χ1v) is 4.93. The summed E-state index contributed by atoms with van der Waals surface area (Å²) >= 11 is 1.44. The maximum absolute atomic E-state index is 12.8. The van der Waals surface area contributed by atoms with Crippen LogP contribution in [0.3, 0.4) is 0 Å². The molecule has 0 atom stereocenters. The van der Waals surface area contributed by atoms with E-state index in [0.29, 0.717) is 0 Å². The predicted octanol–water partition coefficient (Wildman–Crippen LogP) is 2.77. The van der Waals surface area contributed by atoms with E-state index in [0.717, 1.165) is 15.6 Å². The van der Waals surface area contributed by atoms with Gasteiger partial charge in [-0.1, -0.05) is 11.8 Å². The average Bonchev–Trinajstić information content (AvgIpc) is 2.44. The van der Waals surface area contributed by atoms with Gasteiger partial charge in [-0.25, -0.2) is 4.39 Å². The van der Waals surface area contributed by atoms with E-state index in [1.807, 2.05) is 0 Å². The summed E-state index contributed by atoms with van der Waals surface area (Å²) in [6, 6.07) is 4.52. The van der Waals surface area contributed by atoms with E-state index in [4.69, 9.17) is 0 Å². The molecule has 14 heavy (non-hydrogen) atoms. The fourth-order valence-electron chi connectivity index (χ4n) is 1.22. The molecule has 1 N–H and O–H groups in total. The van der Waals surface area contributed by atoms with E-state index < -0.39 is 0 Å². The standard InChI is InChI=1S/C10H8FNOS/c1-6(13)4-10-12-8-5-7(11)2-3-9(8)14-10/h2-5,12H,1H3/b10-4-. The lowest BCUT2D eigenvalue weighted by molar-refractivity contribution is -0.112. The van der Waals surface area contributed by atoms with Gasteiger partial charge in [0.15, 0.2) is 5.78 Å². The fourth-order valence-corrected chi connectivity index (χ4v) is 2.19. The van der Waals surface area contributed by atoms with E-state index in [1.54, 1.807) is 6.07 Å². The highest BCUT2D eigenvalue weighted by Crippen LogP contribution is 2.40. The lowest BCUT2D eigenvalue weighted by Crippen LogP contribution is -1.92. The number of halogens is 1. The number of nitrogens with one attached hydrogen (secondary N) is 1. The Labute approximate surface area is 85.2 Å². The van der Waals surface area contributed by atoms with Gasteiger partial charge in [0.1, 0.15) is 5.82 Å². The molecule has 1 heterocycles. The van der Waals surface area contributed by atoms with E-state index in [1.165, 1.54) is 36.9 Å². The molecule has 0 saturated carbocycles. The van der Waals surface area contributed by atoms with Crippen molar-refractivity contribution < 1.29 is 9.18 Å². The molecule has 0 radical (unpaired) electrons. The SMILES string of the molecule is CC(=O)/C=C1/Nc2cc(F)ccc2S1. The lowest BCUT2D eigenvalue weighted by atomic mass is 10.3. The molecule has 0 amide bonds. The smallest absolute Gasteiger partial charge is 0.155 e. The molecule has 0 spiro atoms. The van der Waals surface area contributed by atoms with Crippen LogP contribution >= 0.6 is 11.8 Å². The quantitative estimate of drug-likeness (QED) is 0.721. The summed E-state index contributed by atoms with van der Waals surface area (Å²) in [5.41, 5.74) is 0.725. The maximum Gasteiger partial charge on any atom is 0.155 e. The first-order valence-electron chi connectivity index (χ1n) is 4.12. The molecule has 1 aliphatic rings. The van der Waals surface area contributed by atoms with Crippen LogP contribution in [0.15, 0.2) is 34.2 Å². The van der Waals surface area contributed by atoms with Crippen LogP contribution in [0, 0.1) is 5.82 Å². The Hall–Kier alpha value is -1.29. The highest BCUT2D eigenvalue weighted by molar-refractivity contribution is 8.03. The van der Waals surface area contributed by atoms with Gasteiger partial charge in [0.05, 0.1) is 10.7 Å². The molecule has 1 aliphatic heterocycles. The third kappa shape index (κ3) is 1.80. The molecular weight excluding hydrogens is 201 g/mol. The van der Waals surface area contributed by atoms with Gasteiger partial charge in [-0.05, 0) is 25.1 Å². The van der Waals surface area contributed by atoms with Crippen molar-refractivity contribution in [3.05, 3.63) is 35.1 Å². The van der Waals surface area contributed by atoms with Crippen LogP contribution < -0.4 is 5.32 Å². The Bertz CT molecular complexity index is 428. The average molecular weight is 209 g/mol. The second kappa shape index (κ2) is 3.46. The molecule has 0 aliphatic carbocycles. The normalized spacial score (nSPS) is 16.6. The van der Waals surface area contributed by atoms with Crippen LogP contribution in [-0.2, 0) is 4.79 Å². The van der Waals surface area contributed by atoms with Crippen molar-refractivity contribution >= 4 is 23.2 Å². The largest absolute Gasteiger partial charge is 0.349 e. The Morgan fingerprint density at radius 1 is 1.57 bits per heavy atom. The lowest BCUT2D eigenvalue weighted by Gasteiger charge is -1.96. The summed E-state index contributed by atoms with van der Waals surface area (Å²) in [5, 5.41) is 3.72. The molecule has 0 aromatic heterocycles. The number of benzene rings is 1. The number of thioether (sulfide) groups is 1. The van der Waals surface area contributed by atoms with Crippen LogP contribution in [0.25, 0.3) is 0 Å². The summed E-state index contributed by atoms with van der Waals surface area (Å²) in [5.74, 6) is -0.297. The molecule has 1 aromatic carbocycles. The number of carbonyl (C=O) groups excluding carboxylic acids is 1. The van der Waals surface area contributed by atoms with Gasteiger partial charge in [-0.15, -0.1) is 0 Å². The fraction of sp³-hybridized carbons (Fsp3) is 0.100. The third-order valence-electron chi connectivity index (χ3n) is 1.75. The van der Waals surface area contributed by atoms with Crippen molar-refractivity contribution in [1.29, 1.82) is 0 Å². The van der Waals surface area contributed by atoms with Gasteiger partial charge in [0.25, 0.3) is 0 Å². The first kappa shape index (κ1) is 9.27. The topological polar surface area (TPSA) is 29.1 Å². The summed E-state index contributed by atoms with van der Waals surface area (Å²) in [6.07, 6.45) is 1.50. The van der Waals surface area contributed by atoms with E-state index in [9.17, 15) is 9.18 Å². The van der Waals surface area contributed by atoms with Gasteiger partial charge < -0.3 is 5.32 Å².